The van der Waals surface area contributed by atoms with Crippen LogP contribution in [0, 0.1) is 0 Å². The van der Waals surface area contributed by atoms with Crippen LogP contribution in [0.25, 0.3) is 0 Å². The second kappa shape index (κ2) is 9.47. The van der Waals surface area contributed by atoms with Crippen molar-refractivity contribution in [3.05, 3.63) is 29.3 Å². The topological polar surface area (TPSA) is 85.4 Å². The van der Waals surface area contributed by atoms with Crippen LogP contribution in [0.15, 0.2) is 18.2 Å². The van der Waals surface area contributed by atoms with Gasteiger partial charge in [-0.2, -0.15) is 0 Å². The normalized spacial score (nSPS) is 22.8. The third-order valence-corrected chi connectivity index (χ3v) is 5.86. The number of carbonyl (C=O) groups is 3. The van der Waals surface area contributed by atoms with E-state index in [9.17, 15) is 14.4 Å². The molecule has 0 radical (unpaired) electrons. The number of rotatable bonds is 3. The molecule has 1 aromatic rings. The molecule has 0 saturated carbocycles. The number of Topliss-reactive ketones (excluding diaryl/α,β-unsaturated/α-hetero) is 1. The number of fused-ring (bicyclic) bond motifs is 1. The molecule has 2 aliphatic heterocycles. The van der Waals surface area contributed by atoms with Crippen molar-refractivity contribution >= 4 is 18.0 Å². The van der Waals surface area contributed by atoms with Gasteiger partial charge in [0.25, 0.3) is 0 Å². The average molecular weight is 475 g/mol. The second-order valence-electron chi connectivity index (χ2n) is 11.3. The van der Waals surface area contributed by atoms with Gasteiger partial charge in [-0.05, 0) is 85.1 Å². The third-order valence-electron chi connectivity index (χ3n) is 5.86. The highest BCUT2D eigenvalue weighted by atomic mass is 16.6. The molecule has 3 rings (SSSR count). The third kappa shape index (κ3) is 6.42. The number of hydrogen-bond donors (Lipinski definition) is 0. The van der Waals surface area contributed by atoms with Gasteiger partial charge < -0.3 is 19.1 Å². The Labute approximate surface area is 202 Å². The van der Waals surface area contributed by atoms with Crippen molar-refractivity contribution in [2.24, 2.45) is 0 Å². The molecular weight excluding hydrogens is 436 g/mol. The van der Waals surface area contributed by atoms with Crippen molar-refractivity contribution in [2.45, 2.75) is 104 Å². The minimum atomic E-state index is -0.646. The summed E-state index contributed by atoms with van der Waals surface area (Å²) in [6.07, 6.45) is -0.0237. The Kier molecular flexibility index (Phi) is 7.20. The van der Waals surface area contributed by atoms with Crippen molar-refractivity contribution in [1.82, 2.24) is 9.80 Å². The number of nitrogens with zero attached hydrogens (tertiary/aromatic N) is 2. The van der Waals surface area contributed by atoms with Crippen LogP contribution in [0.2, 0.25) is 0 Å². The number of hydrogen-bond acceptors (Lipinski definition) is 6. The van der Waals surface area contributed by atoms with Crippen molar-refractivity contribution in [3.8, 4) is 5.75 Å². The molecule has 0 aromatic heterocycles. The average Bonchev–Trinajstić information content (AvgIpc) is 3.09. The van der Waals surface area contributed by atoms with Gasteiger partial charge in [0.05, 0.1) is 12.6 Å². The summed E-state index contributed by atoms with van der Waals surface area (Å²) in [4.78, 5) is 40.7. The molecule has 0 spiro atoms. The van der Waals surface area contributed by atoms with E-state index in [-0.39, 0.29) is 30.6 Å². The van der Waals surface area contributed by atoms with E-state index in [1.807, 2.05) is 45.9 Å². The van der Waals surface area contributed by atoms with E-state index >= 15 is 0 Å². The number of ketones is 1. The number of carbonyl (C=O) groups excluding carboxylic acids is 3. The molecule has 3 unspecified atom stereocenters. The molecule has 34 heavy (non-hydrogen) atoms. The van der Waals surface area contributed by atoms with Crippen molar-refractivity contribution in [3.63, 3.8) is 0 Å². The lowest BCUT2D eigenvalue weighted by Gasteiger charge is -2.36. The van der Waals surface area contributed by atoms with Crippen LogP contribution in [-0.4, -0.2) is 63.7 Å². The van der Waals surface area contributed by atoms with Crippen LogP contribution in [0.1, 0.15) is 72.9 Å². The zero-order chi connectivity index (χ0) is 25.4. The smallest absolute Gasteiger partial charge is 0.411 e. The maximum Gasteiger partial charge on any atom is 0.411 e. The Morgan fingerprint density at radius 2 is 1.50 bits per heavy atom. The van der Waals surface area contributed by atoms with Crippen LogP contribution < -0.4 is 4.74 Å². The minimum absolute atomic E-state index is 0.0302. The first-order valence-electron chi connectivity index (χ1n) is 11.9. The van der Waals surface area contributed by atoms with Crippen LogP contribution >= 0.6 is 0 Å². The van der Waals surface area contributed by atoms with E-state index in [1.54, 1.807) is 25.7 Å². The fraction of sp³-hybridized carbons (Fsp3) is 0.654. The lowest BCUT2D eigenvalue weighted by Crippen LogP contribution is -2.45. The van der Waals surface area contributed by atoms with E-state index < -0.39 is 23.3 Å². The highest BCUT2D eigenvalue weighted by Gasteiger charge is 2.41. The minimum Gasteiger partial charge on any atom is -0.488 e. The Balaban J connectivity index is 1.72. The number of benzene rings is 1. The van der Waals surface area contributed by atoms with Crippen molar-refractivity contribution in [2.75, 3.05) is 6.54 Å². The van der Waals surface area contributed by atoms with Crippen LogP contribution in [0.4, 0.5) is 9.59 Å². The summed E-state index contributed by atoms with van der Waals surface area (Å²) in [5.74, 6) is 0.556. The summed E-state index contributed by atoms with van der Waals surface area (Å²) in [6, 6.07) is 5.34. The molecule has 2 amide bonds. The first-order chi connectivity index (χ1) is 15.6. The van der Waals surface area contributed by atoms with E-state index in [0.717, 1.165) is 12.0 Å². The van der Waals surface area contributed by atoms with Gasteiger partial charge in [-0.1, -0.05) is 6.07 Å². The zero-order valence-corrected chi connectivity index (χ0v) is 21.6. The maximum absolute atomic E-state index is 12.7. The van der Waals surface area contributed by atoms with Crippen LogP contribution in [0.3, 0.4) is 0 Å². The molecule has 0 bridgehead atoms. The lowest BCUT2D eigenvalue weighted by atomic mass is 9.95. The molecule has 3 atom stereocenters. The predicted octanol–water partition coefficient (Wildman–Crippen LogP) is 4.71. The van der Waals surface area contributed by atoms with Gasteiger partial charge in [-0.3, -0.25) is 9.69 Å². The zero-order valence-electron chi connectivity index (χ0n) is 21.6. The van der Waals surface area contributed by atoms with Gasteiger partial charge >= 0.3 is 12.2 Å². The maximum atomic E-state index is 12.7. The molecule has 8 heteroatoms. The highest BCUT2D eigenvalue weighted by molar-refractivity contribution is 5.86. The van der Waals surface area contributed by atoms with Crippen molar-refractivity contribution < 1.29 is 28.6 Å². The summed E-state index contributed by atoms with van der Waals surface area (Å²) in [5.41, 5.74) is 0.972. The fourth-order valence-electron chi connectivity index (χ4n) is 4.34. The van der Waals surface area contributed by atoms with Gasteiger partial charge in [-0.25, -0.2) is 9.59 Å². The van der Waals surface area contributed by atoms with Gasteiger partial charge in [0.15, 0.2) is 5.78 Å². The van der Waals surface area contributed by atoms with Crippen LogP contribution in [0.5, 0.6) is 5.75 Å². The van der Waals surface area contributed by atoms with Gasteiger partial charge in [0, 0.05) is 19.0 Å². The molecule has 1 aromatic carbocycles. The summed E-state index contributed by atoms with van der Waals surface area (Å²) >= 11 is 0. The Hall–Kier alpha value is -2.77. The van der Waals surface area contributed by atoms with Crippen molar-refractivity contribution in [1.29, 1.82) is 0 Å². The molecule has 188 valence electrons. The number of amides is 2. The van der Waals surface area contributed by atoms with Gasteiger partial charge in [0.2, 0.25) is 0 Å². The monoisotopic (exact) mass is 474 g/mol. The fourth-order valence-corrected chi connectivity index (χ4v) is 4.34. The first-order valence-corrected chi connectivity index (χ1v) is 11.9. The predicted molar refractivity (Wildman–Crippen MR) is 128 cm³/mol. The van der Waals surface area contributed by atoms with E-state index in [1.165, 1.54) is 17.4 Å². The molecule has 0 N–H and O–H groups in total. The molecule has 1 saturated heterocycles. The molecule has 1 fully saturated rings. The van der Waals surface area contributed by atoms with E-state index in [0.29, 0.717) is 18.7 Å². The van der Waals surface area contributed by atoms with E-state index in [2.05, 4.69) is 0 Å². The molecular formula is C26H38N2O6. The Bertz CT molecular complexity index is 946. The van der Waals surface area contributed by atoms with E-state index in [4.69, 9.17) is 14.2 Å². The van der Waals surface area contributed by atoms with Crippen LogP contribution in [-0.2, 0) is 27.2 Å². The molecule has 2 heterocycles. The summed E-state index contributed by atoms with van der Waals surface area (Å²) in [6.45, 7) is 15.2. The highest BCUT2D eigenvalue weighted by Crippen LogP contribution is 2.31. The SMILES string of the molecule is CC(=O)C1CC(Oc2ccc3c(c2)CN(C(=O)OC(C)(C)C)C(C)C3)CN1C(=O)OC(C)(C)C. The summed E-state index contributed by atoms with van der Waals surface area (Å²) < 4.78 is 17.3. The Morgan fingerprint density at radius 1 is 0.912 bits per heavy atom. The quantitative estimate of drug-likeness (QED) is 0.631. The largest absolute Gasteiger partial charge is 0.488 e. The van der Waals surface area contributed by atoms with Gasteiger partial charge in [-0.15, -0.1) is 0 Å². The summed E-state index contributed by atoms with van der Waals surface area (Å²) in [5, 5.41) is 0. The number of ether oxygens (including phenoxy) is 3. The molecule has 2 aliphatic rings. The second-order valence-corrected chi connectivity index (χ2v) is 11.3. The lowest BCUT2D eigenvalue weighted by molar-refractivity contribution is -0.121. The molecule has 0 aliphatic carbocycles. The molecule has 8 nitrogen and oxygen atoms in total. The van der Waals surface area contributed by atoms with Gasteiger partial charge in [0.1, 0.15) is 23.1 Å². The number of likely N-dealkylation sites (tertiary alicyclic amines) is 1. The standard InChI is InChI=1S/C26H38N2O6/c1-16-11-18-9-10-20(12-19(18)14-27(16)23(30)33-25(3,4)5)32-21-13-22(17(2)29)28(15-21)24(31)34-26(6,7)8/h9-10,12,16,21-22H,11,13-15H2,1-8H3. The summed E-state index contributed by atoms with van der Waals surface area (Å²) in [7, 11) is 0. The first kappa shape index (κ1) is 25.8. The Morgan fingerprint density at radius 3 is 2.06 bits per heavy atom.